The van der Waals surface area contributed by atoms with Crippen LogP contribution >= 0.6 is 22.7 Å². The molecule has 4 heterocycles. The molecule has 0 atom stereocenters. The maximum atomic E-state index is 12.3. The van der Waals surface area contributed by atoms with Crippen molar-refractivity contribution in [1.29, 1.82) is 0 Å². The number of nitrogens with one attached hydrogen (secondary N) is 2. The van der Waals surface area contributed by atoms with E-state index in [1.165, 1.54) is 22.7 Å². The van der Waals surface area contributed by atoms with E-state index in [1.54, 1.807) is 24.8 Å². The quantitative estimate of drug-likeness (QED) is 0.302. The Morgan fingerprint density at radius 1 is 0.711 bits per heavy atom. The summed E-state index contributed by atoms with van der Waals surface area (Å²) in [4.78, 5) is 32.6. The van der Waals surface area contributed by atoms with Crippen LogP contribution in [0.5, 0.6) is 0 Å². The number of carbonyl (C=O) groups excluding carboxylic acids is 2. The van der Waals surface area contributed by atoms with E-state index in [1.807, 2.05) is 24.3 Å². The van der Waals surface area contributed by atoms with Gasteiger partial charge in [-0.3, -0.25) is 19.6 Å². The van der Waals surface area contributed by atoms with E-state index in [0.717, 1.165) is 59.7 Å². The van der Waals surface area contributed by atoms with Crippen LogP contribution in [0, 0.1) is 11.8 Å². The molecule has 1 fully saturated rings. The molecule has 1 aliphatic rings. The van der Waals surface area contributed by atoms with Crippen LogP contribution in [0.3, 0.4) is 0 Å². The van der Waals surface area contributed by atoms with Gasteiger partial charge in [0.05, 0.1) is 12.8 Å². The van der Waals surface area contributed by atoms with Crippen molar-refractivity contribution >= 4 is 44.8 Å². The van der Waals surface area contributed by atoms with Crippen LogP contribution < -0.4 is 10.6 Å². The molecule has 1 saturated carbocycles. The first-order chi connectivity index (χ1) is 18.6. The number of hydrogen-bond acceptors (Lipinski definition) is 10. The van der Waals surface area contributed by atoms with Gasteiger partial charge in [-0.15, -0.1) is 20.4 Å². The molecule has 4 aromatic rings. The van der Waals surface area contributed by atoms with Crippen LogP contribution in [-0.4, -0.2) is 42.2 Å². The van der Waals surface area contributed by atoms with Gasteiger partial charge in [0.1, 0.15) is 10.0 Å². The third-order valence-electron chi connectivity index (χ3n) is 6.49. The first-order valence-electron chi connectivity index (χ1n) is 12.6. The molecule has 4 aromatic heterocycles. The maximum absolute atomic E-state index is 12.3. The molecule has 0 saturated heterocycles. The van der Waals surface area contributed by atoms with Gasteiger partial charge in [-0.25, -0.2) is 0 Å². The number of anilines is 2. The largest absolute Gasteiger partial charge is 0.300 e. The summed E-state index contributed by atoms with van der Waals surface area (Å²) < 4.78 is 0. The van der Waals surface area contributed by atoms with Gasteiger partial charge in [0, 0.05) is 37.6 Å². The Balaban J connectivity index is 1.02. The second-order valence-electron chi connectivity index (χ2n) is 9.47. The lowest BCUT2D eigenvalue weighted by Crippen LogP contribution is -2.18. The van der Waals surface area contributed by atoms with Crippen molar-refractivity contribution in [3.05, 3.63) is 70.2 Å². The van der Waals surface area contributed by atoms with Gasteiger partial charge in [-0.05, 0) is 60.8 Å². The molecule has 10 nitrogen and oxygen atoms in total. The minimum atomic E-state index is -0.117. The second-order valence-corrected chi connectivity index (χ2v) is 11.6. The molecule has 12 heteroatoms. The summed E-state index contributed by atoms with van der Waals surface area (Å²) in [5.41, 5.74) is 1.73. The minimum Gasteiger partial charge on any atom is -0.300 e. The highest BCUT2D eigenvalue weighted by Gasteiger charge is 2.24. The fourth-order valence-electron chi connectivity index (χ4n) is 4.61. The van der Waals surface area contributed by atoms with E-state index in [0.29, 0.717) is 22.1 Å². The average Bonchev–Trinajstić information content (AvgIpc) is 3.55. The van der Waals surface area contributed by atoms with Crippen LogP contribution in [-0.2, 0) is 35.3 Å². The van der Waals surface area contributed by atoms with E-state index in [9.17, 15) is 9.59 Å². The first kappa shape index (κ1) is 26.0. The summed E-state index contributed by atoms with van der Waals surface area (Å²) in [6, 6.07) is 7.39. The van der Waals surface area contributed by atoms with Crippen LogP contribution in [0.1, 0.15) is 46.8 Å². The highest BCUT2D eigenvalue weighted by atomic mass is 32.1. The summed E-state index contributed by atoms with van der Waals surface area (Å²) in [5, 5.41) is 25.6. The van der Waals surface area contributed by atoms with E-state index in [4.69, 9.17) is 0 Å². The van der Waals surface area contributed by atoms with Crippen molar-refractivity contribution in [3.8, 4) is 0 Å². The fourth-order valence-corrected chi connectivity index (χ4v) is 6.35. The summed E-state index contributed by atoms with van der Waals surface area (Å²) in [6.07, 6.45) is 13.5. The summed E-state index contributed by atoms with van der Waals surface area (Å²) in [7, 11) is 0. The molecule has 0 radical (unpaired) electrons. The Bertz CT molecular complexity index is 1230. The fraction of sp³-hybridized carbons (Fsp3) is 0.385. The van der Waals surface area contributed by atoms with E-state index >= 15 is 0 Å². The molecular formula is C26H28N8O2S2. The predicted octanol–water partition coefficient (Wildman–Crippen LogP) is 4.13. The Hall–Kier alpha value is -3.64. The number of nitrogens with zero attached hydrogens (tertiary/aromatic N) is 6. The highest BCUT2D eigenvalue weighted by Crippen LogP contribution is 2.34. The van der Waals surface area contributed by atoms with Gasteiger partial charge >= 0.3 is 0 Å². The van der Waals surface area contributed by atoms with E-state index < -0.39 is 0 Å². The van der Waals surface area contributed by atoms with Crippen molar-refractivity contribution in [2.45, 2.75) is 51.4 Å². The van der Waals surface area contributed by atoms with Crippen molar-refractivity contribution in [1.82, 2.24) is 30.4 Å². The van der Waals surface area contributed by atoms with Crippen LogP contribution in [0.15, 0.2) is 49.1 Å². The second kappa shape index (κ2) is 12.7. The molecule has 0 bridgehead atoms. The van der Waals surface area contributed by atoms with Gasteiger partial charge in [0.2, 0.25) is 22.1 Å². The van der Waals surface area contributed by atoms with Gasteiger partial charge in [-0.2, -0.15) is 0 Å². The molecule has 38 heavy (non-hydrogen) atoms. The van der Waals surface area contributed by atoms with Crippen LogP contribution in [0.25, 0.3) is 0 Å². The van der Waals surface area contributed by atoms with Crippen molar-refractivity contribution < 1.29 is 9.59 Å². The molecule has 0 aliphatic heterocycles. The topological polar surface area (TPSA) is 136 Å². The Labute approximate surface area is 228 Å². The van der Waals surface area contributed by atoms with Gasteiger partial charge in [-0.1, -0.05) is 34.8 Å². The summed E-state index contributed by atoms with van der Waals surface area (Å²) in [5.74, 6) is 0.896. The van der Waals surface area contributed by atoms with E-state index in [-0.39, 0.29) is 24.7 Å². The molecule has 1 aliphatic carbocycles. The van der Waals surface area contributed by atoms with Crippen molar-refractivity contribution in [2.75, 3.05) is 10.6 Å². The zero-order chi connectivity index (χ0) is 26.2. The Morgan fingerprint density at radius 3 is 1.55 bits per heavy atom. The standard InChI is InChI=1S/C26H28N8O2S2/c35-21(11-19-3-1-9-27-15-19)29-25-33-31-23(37-25)13-17-5-7-18(8-6-17)14-24-32-34-26(38-24)30-22(36)12-20-4-2-10-28-16-20/h1-4,9-10,15-18H,5-8,11-14H2,(H,29,33,35)(H,30,34,36). The number of pyridine rings is 2. The van der Waals surface area contributed by atoms with Gasteiger partial charge < -0.3 is 10.6 Å². The maximum Gasteiger partial charge on any atom is 0.230 e. The molecular weight excluding hydrogens is 520 g/mol. The number of hydrogen-bond donors (Lipinski definition) is 2. The third kappa shape index (κ3) is 7.68. The SMILES string of the molecule is O=C(Cc1cccnc1)Nc1nnc(CC2CCC(Cc3nnc(NC(=O)Cc4cccnc4)s3)CC2)s1. The van der Waals surface area contributed by atoms with Crippen molar-refractivity contribution in [2.24, 2.45) is 11.8 Å². The monoisotopic (exact) mass is 548 g/mol. The lowest BCUT2D eigenvalue weighted by Gasteiger charge is -2.27. The van der Waals surface area contributed by atoms with Crippen LogP contribution in [0.4, 0.5) is 10.3 Å². The Kier molecular flexibility index (Phi) is 8.71. The van der Waals surface area contributed by atoms with E-state index in [2.05, 4.69) is 41.0 Å². The lowest BCUT2D eigenvalue weighted by molar-refractivity contribution is -0.116. The molecule has 0 spiro atoms. The normalized spacial score (nSPS) is 17.2. The van der Waals surface area contributed by atoms with Crippen LogP contribution in [0.2, 0.25) is 0 Å². The third-order valence-corrected chi connectivity index (χ3v) is 8.22. The lowest BCUT2D eigenvalue weighted by atomic mass is 9.79. The van der Waals surface area contributed by atoms with Gasteiger partial charge in [0.15, 0.2) is 0 Å². The Morgan fingerprint density at radius 2 is 1.16 bits per heavy atom. The predicted molar refractivity (Wildman–Crippen MR) is 146 cm³/mol. The molecule has 2 amide bonds. The summed E-state index contributed by atoms with van der Waals surface area (Å²) >= 11 is 2.90. The zero-order valence-electron chi connectivity index (χ0n) is 20.7. The van der Waals surface area contributed by atoms with Gasteiger partial charge in [0.25, 0.3) is 0 Å². The minimum absolute atomic E-state index is 0.117. The smallest absolute Gasteiger partial charge is 0.230 e. The molecule has 196 valence electrons. The number of aromatic nitrogens is 6. The average molecular weight is 549 g/mol. The molecule has 5 rings (SSSR count). The zero-order valence-corrected chi connectivity index (χ0v) is 22.4. The number of rotatable bonds is 10. The first-order valence-corrected chi connectivity index (χ1v) is 14.2. The molecule has 0 aromatic carbocycles. The number of carbonyl (C=O) groups is 2. The highest BCUT2D eigenvalue weighted by molar-refractivity contribution is 7.15. The molecule has 2 N–H and O–H groups in total. The summed E-state index contributed by atoms with van der Waals surface area (Å²) in [6.45, 7) is 0. The molecule has 0 unspecified atom stereocenters. The number of amides is 2. The van der Waals surface area contributed by atoms with Crippen molar-refractivity contribution in [3.63, 3.8) is 0 Å².